The fourth-order valence-corrected chi connectivity index (χ4v) is 2.77. The summed E-state index contributed by atoms with van der Waals surface area (Å²) >= 11 is 0. The highest BCUT2D eigenvalue weighted by molar-refractivity contribution is 5.88. The minimum atomic E-state index is -0.268. The Bertz CT molecular complexity index is 627. The van der Waals surface area contributed by atoms with Crippen molar-refractivity contribution >= 4 is 24.0 Å². The van der Waals surface area contributed by atoms with Crippen molar-refractivity contribution in [3.8, 4) is 0 Å². The molecule has 2 aromatic rings. The number of amides is 1. The monoisotopic (exact) mass is 302 g/mol. The van der Waals surface area contributed by atoms with Crippen molar-refractivity contribution in [2.24, 2.45) is 5.73 Å². The van der Waals surface area contributed by atoms with Crippen LogP contribution in [-0.2, 0) is 10.3 Å². The van der Waals surface area contributed by atoms with Crippen LogP contribution in [0, 0.1) is 0 Å². The summed E-state index contributed by atoms with van der Waals surface area (Å²) in [6, 6.07) is 18.2. The zero-order chi connectivity index (χ0) is 14.2. The molecule has 0 saturated heterocycles. The summed E-state index contributed by atoms with van der Waals surface area (Å²) in [5, 5.41) is 2.77. The van der Waals surface area contributed by atoms with Crippen molar-refractivity contribution in [2.75, 3.05) is 5.32 Å². The molecule has 3 rings (SSSR count). The number of hydrogen-bond donors (Lipinski definition) is 2. The first-order valence-electron chi connectivity index (χ1n) is 6.81. The van der Waals surface area contributed by atoms with E-state index in [-0.39, 0.29) is 23.9 Å². The molecule has 3 N–H and O–H groups in total. The lowest BCUT2D eigenvalue weighted by atomic mass is 9.99. The van der Waals surface area contributed by atoms with Crippen molar-refractivity contribution < 1.29 is 4.79 Å². The molecule has 1 amide bonds. The quantitative estimate of drug-likeness (QED) is 0.913. The molecule has 0 aliphatic heterocycles. The first-order valence-corrected chi connectivity index (χ1v) is 6.81. The average molecular weight is 303 g/mol. The Morgan fingerprint density at radius 3 is 2.33 bits per heavy atom. The van der Waals surface area contributed by atoms with Gasteiger partial charge in [0.2, 0.25) is 5.91 Å². The molecule has 1 aliphatic rings. The molecular weight excluding hydrogens is 284 g/mol. The third-order valence-electron chi connectivity index (χ3n) is 3.95. The molecule has 2 atom stereocenters. The zero-order valence-electron chi connectivity index (χ0n) is 11.9. The number of carbonyl (C=O) groups is 1. The van der Waals surface area contributed by atoms with Crippen molar-refractivity contribution in [1.82, 2.24) is 0 Å². The summed E-state index contributed by atoms with van der Waals surface area (Å²) in [6.07, 6.45) is 0.969. The third kappa shape index (κ3) is 3.09. The van der Waals surface area contributed by atoms with Gasteiger partial charge < -0.3 is 11.1 Å². The summed E-state index contributed by atoms with van der Waals surface area (Å²) in [4.78, 5) is 11.0. The van der Waals surface area contributed by atoms with E-state index in [0.717, 1.165) is 17.7 Å². The Hall–Kier alpha value is -1.84. The van der Waals surface area contributed by atoms with Crippen molar-refractivity contribution in [3.63, 3.8) is 0 Å². The largest absolute Gasteiger partial charge is 0.326 e. The molecule has 4 heteroatoms. The molecular formula is C17H19ClN2O. The molecule has 0 radical (unpaired) electrons. The summed E-state index contributed by atoms with van der Waals surface area (Å²) in [6.45, 7) is 1.50. The maximum Gasteiger partial charge on any atom is 0.221 e. The molecule has 0 unspecified atom stereocenters. The second kappa shape index (κ2) is 5.88. The molecule has 21 heavy (non-hydrogen) atoms. The van der Waals surface area contributed by atoms with E-state index in [9.17, 15) is 4.79 Å². The average Bonchev–Trinajstić information content (AvgIpc) is 3.13. The SMILES string of the molecule is CC(=O)Nc1ccc([C@]2(N)C[C@H]2c2ccccc2)cc1.Cl. The van der Waals surface area contributed by atoms with E-state index in [1.165, 1.54) is 12.5 Å². The van der Waals surface area contributed by atoms with E-state index < -0.39 is 0 Å². The first kappa shape index (κ1) is 15.5. The summed E-state index contributed by atoms with van der Waals surface area (Å²) in [5.74, 6) is 0.323. The van der Waals surface area contributed by atoms with Crippen LogP contribution in [0.2, 0.25) is 0 Å². The van der Waals surface area contributed by atoms with Gasteiger partial charge in [0.25, 0.3) is 0 Å². The number of carbonyl (C=O) groups excluding carboxylic acids is 1. The summed E-state index contributed by atoms with van der Waals surface area (Å²) in [5.41, 5.74) is 9.47. The number of benzene rings is 2. The van der Waals surface area contributed by atoms with Gasteiger partial charge in [0, 0.05) is 24.1 Å². The predicted octanol–water partition coefficient (Wildman–Crippen LogP) is 3.41. The van der Waals surface area contributed by atoms with Gasteiger partial charge in [-0.2, -0.15) is 0 Å². The van der Waals surface area contributed by atoms with Crippen LogP contribution >= 0.6 is 12.4 Å². The standard InChI is InChI=1S/C17H18N2O.ClH/c1-12(20)19-15-9-7-14(8-10-15)17(18)11-16(17)13-5-3-2-4-6-13;/h2-10,16H,11,18H2,1H3,(H,19,20);1H/t16-,17+;/m0./s1. The van der Waals surface area contributed by atoms with E-state index in [4.69, 9.17) is 5.73 Å². The maximum absolute atomic E-state index is 11.0. The Morgan fingerprint density at radius 2 is 1.76 bits per heavy atom. The smallest absolute Gasteiger partial charge is 0.221 e. The van der Waals surface area contributed by atoms with Crippen molar-refractivity contribution in [1.29, 1.82) is 0 Å². The fraction of sp³-hybridized carbons (Fsp3) is 0.235. The van der Waals surface area contributed by atoms with Crippen LogP contribution in [0.25, 0.3) is 0 Å². The van der Waals surface area contributed by atoms with Gasteiger partial charge in [-0.15, -0.1) is 12.4 Å². The molecule has 1 saturated carbocycles. The van der Waals surface area contributed by atoms with Gasteiger partial charge in [0.1, 0.15) is 0 Å². The van der Waals surface area contributed by atoms with E-state index in [0.29, 0.717) is 5.92 Å². The normalized spacial score (nSPS) is 23.0. The van der Waals surface area contributed by atoms with E-state index in [1.807, 2.05) is 42.5 Å². The van der Waals surface area contributed by atoms with Crippen LogP contribution in [0.4, 0.5) is 5.69 Å². The number of hydrogen-bond acceptors (Lipinski definition) is 2. The summed E-state index contributed by atoms with van der Waals surface area (Å²) < 4.78 is 0. The van der Waals surface area contributed by atoms with Gasteiger partial charge in [-0.05, 0) is 29.7 Å². The highest BCUT2D eigenvalue weighted by Gasteiger charge is 2.52. The number of halogens is 1. The number of nitrogens with two attached hydrogens (primary N) is 1. The topological polar surface area (TPSA) is 55.1 Å². The van der Waals surface area contributed by atoms with Gasteiger partial charge in [-0.3, -0.25) is 4.79 Å². The molecule has 0 aromatic heterocycles. The second-order valence-electron chi connectivity index (χ2n) is 5.47. The van der Waals surface area contributed by atoms with Crippen LogP contribution in [0.3, 0.4) is 0 Å². The van der Waals surface area contributed by atoms with E-state index in [1.54, 1.807) is 0 Å². The highest BCUT2D eigenvalue weighted by atomic mass is 35.5. The third-order valence-corrected chi connectivity index (χ3v) is 3.95. The van der Waals surface area contributed by atoms with Crippen molar-refractivity contribution in [2.45, 2.75) is 24.8 Å². The Morgan fingerprint density at radius 1 is 1.14 bits per heavy atom. The van der Waals surface area contributed by atoms with E-state index >= 15 is 0 Å². The Balaban J connectivity index is 0.00000161. The van der Waals surface area contributed by atoms with E-state index in [2.05, 4.69) is 17.4 Å². The van der Waals surface area contributed by atoms with Crippen LogP contribution in [0.1, 0.15) is 30.4 Å². The highest BCUT2D eigenvalue weighted by Crippen LogP contribution is 2.56. The van der Waals surface area contributed by atoms with Crippen LogP contribution in [0.15, 0.2) is 54.6 Å². The van der Waals surface area contributed by atoms with Gasteiger partial charge in [-0.25, -0.2) is 0 Å². The predicted molar refractivity (Wildman–Crippen MR) is 87.7 cm³/mol. The lowest BCUT2D eigenvalue weighted by Crippen LogP contribution is -2.21. The second-order valence-corrected chi connectivity index (χ2v) is 5.47. The van der Waals surface area contributed by atoms with Crippen LogP contribution in [-0.4, -0.2) is 5.91 Å². The summed E-state index contributed by atoms with van der Waals surface area (Å²) in [7, 11) is 0. The molecule has 3 nitrogen and oxygen atoms in total. The van der Waals surface area contributed by atoms with Crippen molar-refractivity contribution in [3.05, 3.63) is 65.7 Å². The van der Waals surface area contributed by atoms with Crippen LogP contribution in [0.5, 0.6) is 0 Å². The van der Waals surface area contributed by atoms with Gasteiger partial charge in [0.05, 0.1) is 0 Å². The number of nitrogens with one attached hydrogen (secondary N) is 1. The maximum atomic E-state index is 11.0. The minimum Gasteiger partial charge on any atom is -0.326 e. The lowest BCUT2D eigenvalue weighted by molar-refractivity contribution is -0.114. The molecule has 0 bridgehead atoms. The molecule has 1 aliphatic carbocycles. The molecule has 2 aromatic carbocycles. The Kier molecular flexibility index (Phi) is 4.35. The first-order chi connectivity index (χ1) is 9.59. The number of rotatable bonds is 3. The van der Waals surface area contributed by atoms with Gasteiger partial charge >= 0.3 is 0 Å². The molecule has 0 spiro atoms. The lowest BCUT2D eigenvalue weighted by Gasteiger charge is -2.13. The Labute approximate surface area is 131 Å². The fourth-order valence-electron chi connectivity index (χ4n) is 2.77. The zero-order valence-corrected chi connectivity index (χ0v) is 12.7. The molecule has 110 valence electrons. The molecule has 1 fully saturated rings. The molecule has 0 heterocycles. The van der Waals surface area contributed by atoms with Gasteiger partial charge in [-0.1, -0.05) is 42.5 Å². The minimum absolute atomic E-state index is 0. The van der Waals surface area contributed by atoms with Gasteiger partial charge in [0.15, 0.2) is 0 Å². The number of anilines is 1. The van der Waals surface area contributed by atoms with Crippen LogP contribution < -0.4 is 11.1 Å².